The summed E-state index contributed by atoms with van der Waals surface area (Å²) in [6.45, 7) is 8.33. The van der Waals surface area contributed by atoms with Crippen molar-refractivity contribution in [1.82, 2.24) is 10.3 Å². The molecule has 0 bridgehead atoms. The second-order valence-corrected chi connectivity index (χ2v) is 4.89. The largest absolute Gasteiger partial charge is 0.441 e. The summed E-state index contributed by atoms with van der Waals surface area (Å²) in [5.41, 5.74) is 3.61. The van der Waals surface area contributed by atoms with E-state index in [0.29, 0.717) is 0 Å². The third-order valence-electron chi connectivity index (χ3n) is 3.21. The van der Waals surface area contributed by atoms with Gasteiger partial charge in [-0.15, -0.1) is 0 Å². The van der Waals surface area contributed by atoms with Crippen LogP contribution in [0.5, 0.6) is 0 Å². The molecule has 1 aromatic heterocycles. The summed E-state index contributed by atoms with van der Waals surface area (Å²) in [6.07, 6.45) is 3.78. The Morgan fingerprint density at radius 1 is 1.26 bits per heavy atom. The molecule has 0 unspecified atom stereocenters. The van der Waals surface area contributed by atoms with Gasteiger partial charge in [0, 0.05) is 12.0 Å². The SMILES string of the molecule is CCNCCCc1ncc(-c2cc(C)ccc2C)o1. The minimum Gasteiger partial charge on any atom is -0.441 e. The fraction of sp³-hybridized carbons (Fsp3) is 0.438. The van der Waals surface area contributed by atoms with E-state index in [0.717, 1.165) is 43.1 Å². The van der Waals surface area contributed by atoms with Crippen molar-refractivity contribution in [3.63, 3.8) is 0 Å². The maximum Gasteiger partial charge on any atom is 0.194 e. The normalized spacial score (nSPS) is 10.9. The molecule has 0 saturated carbocycles. The molecule has 2 aromatic rings. The first-order valence-electron chi connectivity index (χ1n) is 6.93. The van der Waals surface area contributed by atoms with Gasteiger partial charge < -0.3 is 9.73 Å². The number of oxazole rings is 1. The van der Waals surface area contributed by atoms with Crippen molar-refractivity contribution in [3.05, 3.63) is 41.4 Å². The van der Waals surface area contributed by atoms with Crippen LogP contribution in [0.25, 0.3) is 11.3 Å². The van der Waals surface area contributed by atoms with Crippen LogP contribution in [0.1, 0.15) is 30.4 Å². The van der Waals surface area contributed by atoms with Gasteiger partial charge in [0.15, 0.2) is 11.7 Å². The highest BCUT2D eigenvalue weighted by Gasteiger charge is 2.08. The Morgan fingerprint density at radius 3 is 2.89 bits per heavy atom. The summed E-state index contributed by atoms with van der Waals surface area (Å²) in [5, 5.41) is 3.30. The number of hydrogen-bond donors (Lipinski definition) is 1. The zero-order chi connectivity index (χ0) is 13.7. The highest BCUT2D eigenvalue weighted by molar-refractivity contribution is 5.62. The number of hydrogen-bond acceptors (Lipinski definition) is 3. The van der Waals surface area contributed by atoms with Gasteiger partial charge in [-0.3, -0.25) is 0 Å². The van der Waals surface area contributed by atoms with Crippen LogP contribution in [-0.4, -0.2) is 18.1 Å². The van der Waals surface area contributed by atoms with Crippen molar-refractivity contribution in [2.24, 2.45) is 0 Å². The highest BCUT2D eigenvalue weighted by Crippen LogP contribution is 2.25. The summed E-state index contributed by atoms with van der Waals surface area (Å²) >= 11 is 0. The van der Waals surface area contributed by atoms with E-state index in [2.05, 4.69) is 49.3 Å². The molecule has 0 amide bonds. The third-order valence-corrected chi connectivity index (χ3v) is 3.21. The lowest BCUT2D eigenvalue weighted by Gasteiger charge is -2.03. The molecular formula is C16H22N2O. The molecule has 0 radical (unpaired) electrons. The number of nitrogens with zero attached hydrogens (tertiary/aromatic N) is 1. The van der Waals surface area contributed by atoms with E-state index in [9.17, 15) is 0 Å². The first-order chi connectivity index (χ1) is 9.20. The van der Waals surface area contributed by atoms with Crippen molar-refractivity contribution < 1.29 is 4.42 Å². The molecule has 2 rings (SSSR count). The summed E-state index contributed by atoms with van der Waals surface area (Å²) in [7, 11) is 0. The maximum absolute atomic E-state index is 5.85. The molecule has 1 heterocycles. The molecule has 0 aliphatic carbocycles. The molecule has 3 nitrogen and oxygen atoms in total. The lowest BCUT2D eigenvalue weighted by molar-refractivity contribution is 0.493. The Hall–Kier alpha value is -1.61. The molecule has 1 aromatic carbocycles. The van der Waals surface area contributed by atoms with Crippen LogP contribution < -0.4 is 5.32 Å². The second-order valence-electron chi connectivity index (χ2n) is 4.89. The van der Waals surface area contributed by atoms with Gasteiger partial charge in [-0.1, -0.05) is 24.6 Å². The molecule has 0 aliphatic heterocycles. The van der Waals surface area contributed by atoms with Crippen molar-refractivity contribution in [1.29, 1.82) is 0 Å². The van der Waals surface area contributed by atoms with Crippen LogP contribution in [0.3, 0.4) is 0 Å². The molecule has 3 heteroatoms. The van der Waals surface area contributed by atoms with E-state index in [1.807, 2.05) is 6.20 Å². The zero-order valence-electron chi connectivity index (χ0n) is 12.0. The average Bonchev–Trinajstić information content (AvgIpc) is 2.86. The molecule has 0 aliphatic rings. The summed E-state index contributed by atoms with van der Waals surface area (Å²) in [5.74, 6) is 1.70. The van der Waals surface area contributed by atoms with E-state index in [1.54, 1.807) is 0 Å². The molecule has 102 valence electrons. The van der Waals surface area contributed by atoms with Gasteiger partial charge in [-0.05, 0) is 45.0 Å². The molecule has 0 atom stereocenters. The first kappa shape index (κ1) is 13.8. The van der Waals surface area contributed by atoms with Crippen LogP contribution in [0.4, 0.5) is 0 Å². The molecular weight excluding hydrogens is 236 g/mol. The average molecular weight is 258 g/mol. The molecule has 0 fully saturated rings. The van der Waals surface area contributed by atoms with Crippen LogP contribution in [-0.2, 0) is 6.42 Å². The summed E-state index contributed by atoms with van der Waals surface area (Å²) in [4.78, 5) is 4.37. The van der Waals surface area contributed by atoms with Crippen LogP contribution in [0.15, 0.2) is 28.8 Å². The minimum absolute atomic E-state index is 0.828. The zero-order valence-corrected chi connectivity index (χ0v) is 12.0. The van der Waals surface area contributed by atoms with E-state index >= 15 is 0 Å². The van der Waals surface area contributed by atoms with Gasteiger partial charge in [0.25, 0.3) is 0 Å². The maximum atomic E-state index is 5.85. The quantitative estimate of drug-likeness (QED) is 0.806. The number of benzene rings is 1. The van der Waals surface area contributed by atoms with Crippen molar-refractivity contribution in [2.45, 2.75) is 33.6 Å². The van der Waals surface area contributed by atoms with Crippen molar-refractivity contribution in [3.8, 4) is 11.3 Å². The Morgan fingerprint density at radius 2 is 2.11 bits per heavy atom. The molecule has 1 N–H and O–H groups in total. The Balaban J connectivity index is 2.06. The molecule has 0 spiro atoms. The van der Waals surface area contributed by atoms with Gasteiger partial charge in [-0.25, -0.2) is 4.98 Å². The van der Waals surface area contributed by atoms with Gasteiger partial charge in [0.05, 0.1) is 6.20 Å². The molecule has 19 heavy (non-hydrogen) atoms. The third kappa shape index (κ3) is 3.67. The van der Waals surface area contributed by atoms with Gasteiger partial charge in [-0.2, -0.15) is 0 Å². The van der Waals surface area contributed by atoms with Crippen LogP contribution in [0, 0.1) is 13.8 Å². The smallest absolute Gasteiger partial charge is 0.194 e. The van der Waals surface area contributed by atoms with Crippen LogP contribution >= 0.6 is 0 Å². The predicted octanol–water partition coefficient (Wildman–Crippen LogP) is 3.50. The summed E-state index contributed by atoms with van der Waals surface area (Å²) in [6, 6.07) is 6.39. The monoisotopic (exact) mass is 258 g/mol. The van der Waals surface area contributed by atoms with Gasteiger partial charge in [0.2, 0.25) is 0 Å². The lowest BCUT2D eigenvalue weighted by atomic mass is 10.0. The van der Waals surface area contributed by atoms with Crippen molar-refractivity contribution >= 4 is 0 Å². The van der Waals surface area contributed by atoms with E-state index < -0.39 is 0 Å². The van der Waals surface area contributed by atoms with Crippen LogP contribution in [0.2, 0.25) is 0 Å². The fourth-order valence-electron chi connectivity index (χ4n) is 2.09. The Bertz CT molecular complexity index is 531. The minimum atomic E-state index is 0.828. The highest BCUT2D eigenvalue weighted by atomic mass is 16.4. The lowest BCUT2D eigenvalue weighted by Crippen LogP contribution is -2.14. The molecule has 0 saturated heterocycles. The number of aryl methyl sites for hydroxylation is 3. The van der Waals surface area contributed by atoms with Gasteiger partial charge in [0.1, 0.15) is 0 Å². The number of nitrogens with one attached hydrogen (secondary N) is 1. The topological polar surface area (TPSA) is 38.1 Å². The predicted molar refractivity (Wildman–Crippen MR) is 78.3 cm³/mol. The Kier molecular flexibility index (Phi) is 4.74. The summed E-state index contributed by atoms with van der Waals surface area (Å²) < 4.78 is 5.85. The standard InChI is InChI=1S/C16H22N2O/c1-4-17-9-5-6-16-18-11-15(19-16)14-10-12(2)7-8-13(14)3/h7-8,10-11,17H,4-6,9H2,1-3H3. The second kappa shape index (κ2) is 6.53. The first-order valence-corrected chi connectivity index (χ1v) is 6.93. The van der Waals surface area contributed by atoms with E-state index in [-0.39, 0.29) is 0 Å². The van der Waals surface area contributed by atoms with Gasteiger partial charge >= 0.3 is 0 Å². The van der Waals surface area contributed by atoms with E-state index in [1.165, 1.54) is 11.1 Å². The number of aromatic nitrogens is 1. The van der Waals surface area contributed by atoms with E-state index in [4.69, 9.17) is 4.42 Å². The Labute approximate surface area is 115 Å². The van der Waals surface area contributed by atoms with Crippen molar-refractivity contribution in [2.75, 3.05) is 13.1 Å². The fourth-order valence-corrected chi connectivity index (χ4v) is 2.09. The number of rotatable bonds is 6.